The van der Waals surface area contributed by atoms with Gasteiger partial charge >= 0.3 is 0 Å². The highest BCUT2D eigenvalue weighted by Crippen LogP contribution is 2.25. The molecule has 0 aromatic heterocycles. The highest BCUT2D eigenvalue weighted by Gasteiger charge is 2.16. The fraction of sp³-hybridized carbons (Fsp3) is 0.125. The number of alkyl halides is 1. The summed E-state index contributed by atoms with van der Waals surface area (Å²) in [4.78, 5) is 10.1. The molecule has 6 heteroatoms. The number of nitrogens with zero attached hydrogens (tertiary/aromatic N) is 2. The molecule has 0 aliphatic heterocycles. The molecule has 0 amide bonds. The van der Waals surface area contributed by atoms with E-state index in [1.807, 2.05) is 28.7 Å². The van der Waals surface area contributed by atoms with Crippen LogP contribution in [0.5, 0.6) is 0 Å². The van der Waals surface area contributed by atoms with E-state index in [1.165, 1.54) is 12.1 Å². The smallest absolute Gasteiger partial charge is 0.258 e. The average molecular weight is 322 g/mol. The van der Waals surface area contributed by atoms with Crippen molar-refractivity contribution in [2.45, 2.75) is 5.88 Å². The zero-order chi connectivity index (χ0) is 10.7. The third-order valence-electron chi connectivity index (χ3n) is 1.63. The summed E-state index contributed by atoms with van der Waals surface area (Å²) in [5.74, 6) is 0.0297. The van der Waals surface area contributed by atoms with Crippen LogP contribution in [0.3, 0.4) is 0 Å². The van der Waals surface area contributed by atoms with Crippen LogP contribution < -0.4 is 0 Å². The minimum absolute atomic E-state index is 0.0297. The molecule has 0 heterocycles. The summed E-state index contributed by atoms with van der Waals surface area (Å²) >= 11 is 7.42. The third-order valence-corrected chi connectivity index (χ3v) is 2.81. The summed E-state index contributed by atoms with van der Waals surface area (Å²) in [7, 11) is 0. The largest absolute Gasteiger partial charge is 0.274 e. The highest BCUT2D eigenvalue weighted by molar-refractivity contribution is 14.1. The van der Waals surface area contributed by atoms with Gasteiger partial charge < -0.3 is 0 Å². The summed E-state index contributed by atoms with van der Waals surface area (Å²) in [6.45, 7) is 0. The van der Waals surface area contributed by atoms with E-state index in [9.17, 15) is 10.1 Å². The maximum atomic E-state index is 10.6. The minimum atomic E-state index is -0.499. The molecular formula is C8H4ClIN2O2. The van der Waals surface area contributed by atoms with Gasteiger partial charge in [0, 0.05) is 15.2 Å². The first-order valence-electron chi connectivity index (χ1n) is 3.53. The first kappa shape index (κ1) is 11.2. The Morgan fingerprint density at radius 2 is 2.29 bits per heavy atom. The molecule has 0 aliphatic rings. The standard InChI is InChI=1S/C8H4ClIN2O2/c9-3-5-1-6(4-11)7(10)2-8(5)12(13)14/h1-2H,3H2. The number of rotatable bonds is 2. The molecule has 0 N–H and O–H groups in total. The molecule has 0 atom stereocenters. The lowest BCUT2D eigenvalue weighted by atomic mass is 10.1. The van der Waals surface area contributed by atoms with Crippen molar-refractivity contribution in [3.8, 4) is 6.07 Å². The summed E-state index contributed by atoms with van der Waals surface area (Å²) in [6.07, 6.45) is 0. The van der Waals surface area contributed by atoms with Gasteiger partial charge in [0.2, 0.25) is 0 Å². The predicted molar refractivity (Wildman–Crippen MR) is 60.1 cm³/mol. The van der Waals surface area contributed by atoms with E-state index in [4.69, 9.17) is 16.9 Å². The maximum absolute atomic E-state index is 10.6. The predicted octanol–water partition coefficient (Wildman–Crippen LogP) is 2.81. The molecule has 0 radical (unpaired) electrons. The second-order valence-corrected chi connectivity index (χ2v) is 3.89. The van der Waals surface area contributed by atoms with Crippen LogP contribution in [0.15, 0.2) is 12.1 Å². The summed E-state index contributed by atoms with van der Waals surface area (Å²) in [6, 6.07) is 4.76. The molecule has 0 fully saturated rings. The van der Waals surface area contributed by atoms with Crippen LogP contribution in [0, 0.1) is 25.0 Å². The van der Waals surface area contributed by atoms with Crippen LogP contribution in [0.2, 0.25) is 0 Å². The first-order valence-corrected chi connectivity index (χ1v) is 5.14. The van der Waals surface area contributed by atoms with Crippen molar-refractivity contribution in [3.05, 3.63) is 36.9 Å². The molecular weight excluding hydrogens is 318 g/mol. The van der Waals surface area contributed by atoms with E-state index in [-0.39, 0.29) is 11.6 Å². The van der Waals surface area contributed by atoms with Crippen molar-refractivity contribution in [2.75, 3.05) is 0 Å². The Morgan fingerprint density at radius 3 is 2.71 bits per heavy atom. The van der Waals surface area contributed by atoms with Crippen molar-refractivity contribution < 1.29 is 4.92 Å². The minimum Gasteiger partial charge on any atom is -0.258 e. The zero-order valence-electron chi connectivity index (χ0n) is 6.83. The summed E-state index contributed by atoms with van der Waals surface area (Å²) < 4.78 is 0.561. The fourth-order valence-electron chi connectivity index (χ4n) is 0.970. The second-order valence-electron chi connectivity index (χ2n) is 2.46. The molecule has 4 nitrogen and oxygen atoms in total. The Hall–Kier alpha value is -0.870. The number of halogens is 2. The number of hydrogen-bond acceptors (Lipinski definition) is 3. The molecule has 1 aromatic rings. The highest BCUT2D eigenvalue weighted by atomic mass is 127. The number of nitriles is 1. The van der Waals surface area contributed by atoms with Gasteiger partial charge in [0.15, 0.2) is 0 Å². The van der Waals surface area contributed by atoms with Crippen molar-refractivity contribution in [3.63, 3.8) is 0 Å². The van der Waals surface area contributed by atoms with Gasteiger partial charge in [0.05, 0.1) is 16.4 Å². The molecule has 0 saturated carbocycles. The van der Waals surface area contributed by atoms with Gasteiger partial charge in [-0.2, -0.15) is 5.26 Å². The molecule has 0 unspecified atom stereocenters. The molecule has 0 bridgehead atoms. The van der Waals surface area contributed by atoms with Crippen LogP contribution >= 0.6 is 34.2 Å². The molecule has 0 saturated heterocycles. The van der Waals surface area contributed by atoms with Gasteiger partial charge in [-0.1, -0.05) is 0 Å². The van der Waals surface area contributed by atoms with Gasteiger partial charge in [0.25, 0.3) is 5.69 Å². The molecule has 0 spiro atoms. The van der Waals surface area contributed by atoms with Crippen molar-refractivity contribution in [2.24, 2.45) is 0 Å². The number of benzene rings is 1. The van der Waals surface area contributed by atoms with Gasteiger partial charge in [-0.25, -0.2) is 0 Å². The quantitative estimate of drug-likeness (QED) is 0.364. The lowest BCUT2D eigenvalue weighted by Gasteiger charge is -2.01. The van der Waals surface area contributed by atoms with E-state index in [0.717, 1.165) is 0 Å². The van der Waals surface area contributed by atoms with E-state index < -0.39 is 4.92 Å². The topological polar surface area (TPSA) is 66.9 Å². The Labute approximate surface area is 98.8 Å². The molecule has 0 aliphatic carbocycles. The normalized spacial score (nSPS) is 9.50. The molecule has 72 valence electrons. The number of hydrogen-bond donors (Lipinski definition) is 0. The van der Waals surface area contributed by atoms with Crippen LogP contribution in [-0.4, -0.2) is 4.92 Å². The Bertz CT molecular complexity index is 428. The molecule has 1 rings (SSSR count). The second kappa shape index (κ2) is 4.57. The van der Waals surface area contributed by atoms with Crippen LogP contribution in [0.4, 0.5) is 5.69 Å². The SMILES string of the molecule is N#Cc1cc(CCl)c([N+](=O)[O-])cc1I. The van der Waals surface area contributed by atoms with Crippen molar-refractivity contribution in [1.82, 2.24) is 0 Å². The zero-order valence-corrected chi connectivity index (χ0v) is 9.74. The number of nitro benzene ring substituents is 1. The van der Waals surface area contributed by atoms with Crippen LogP contribution in [0.1, 0.15) is 11.1 Å². The van der Waals surface area contributed by atoms with Crippen LogP contribution in [-0.2, 0) is 5.88 Å². The van der Waals surface area contributed by atoms with Gasteiger partial charge in [0.1, 0.15) is 6.07 Å². The van der Waals surface area contributed by atoms with E-state index >= 15 is 0 Å². The van der Waals surface area contributed by atoms with E-state index in [1.54, 1.807) is 0 Å². The van der Waals surface area contributed by atoms with Crippen molar-refractivity contribution in [1.29, 1.82) is 5.26 Å². The average Bonchev–Trinajstić information content (AvgIpc) is 2.17. The lowest BCUT2D eigenvalue weighted by molar-refractivity contribution is -0.385. The van der Waals surface area contributed by atoms with Crippen molar-refractivity contribution >= 4 is 39.9 Å². The first-order chi connectivity index (χ1) is 6.60. The molecule has 14 heavy (non-hydrogen) atoms. The number of nitro groups is 1. The Balaban J connectivity index is 3.41. The van der Waals surface area contributed by atoms with E-state index in [0.29, 0.717) is 14.7 Å². The fourth-order valence-corrected chi connectivity index (χ4v) is 1.76. The Morgan fingerprint density at radius 1 is 1.64 bits per heavy atom. The lowest BCUT2D eigenvalue weighted by Crippen LogP contribution is -1.96. The monoisotopic (exact) mass is 322 g/mol. The van der Waals surface area contributed by atoms with Gasteiger partial charge in [-0.3, -0.25) is 10.1 Å². The summed E-state index contributed by atoms with van der Waals surface area (Å²) in [5, 5.41) is 19.3. The molecule has 1 aromatic carbocycles. The van der Waals surface area contributed by atoms with Crippen LogP contribution in [0.25, 0.3) is 0 Å². The summed E-state index contributed by atoms with van der Waals surface area (Å²) in [5.41, 5.74) is 0.740. The third kappa shape index (κ3) is 2.13. The Kier molecular flexibility index (Phi) is 3.66. The van der Waals surface area contributed by atoms with Gasteiger partial charge in [-0.15, -0.1) is 11.6 Å². The van der Waals surface area contributed by atoms with E-state index in [2.05, 4.69) is 0 Å². The van der Waals surface area contributed by atoms with Gasteiger partial charge in [-0.05, 0) is 28.7 Å². The maximum Gasteiger partial charge on any atom is 0.274 e.